The molecule has 0 saturated carbocycles. The summed E-state index contributed by atoms with van der Waals surface area (Å²) in [5.41, 5.74) is 5.82. The summed E-state index contributed by atoms with van der Waals surface area (Å²) in [6, 6.07) is 6.96. The van der Waals surface area contributed by atoms with Crippen LogP contribution in [-0.4, -0.2) is 6.54 Å². The fourth-order valence-corrected chi connectivity index (χ4v) is 2.02. The maximum absolute atomic E-state index is 13.9. The minimum absolute atomic E-state index is 0.0866. The summed E-state index contributed by atoms with van der Waals surface area (Å²) in [6.45, 7) is 0.305. The van der Waals surface area contributed by atoms with E-state index in [1.165, 1.54) is 18.2 Å². The van der Waals surface area contributed by atoms with Crippen LogP contribution in [0.4, 0.5) is 8.78 Å². The van der Waals surface area contributed by atoms with Crippen LogP contribution in [0.3, 0.4) is 0 Å². The van der Waals surface area contributed by atoms with Crippen LogP contribution < -0.4 is 10.5 Å². The number of hydrogen-bond acceptors (Lipinski definition) is 2. The number of halogens is 4. The average Bonchev–Trinajstić information content (AvgIpc) is 2.39. The van der Waals surface area contributed by atoms with Gasteiger partial charge in [0.2, 0.25) is 0 Å². The molecule has 0 aromatic heterocycles. The molecule has 0 fully saturated rings. The van der Waals surface area contributed by atoms with Crippen LogP contribution >= 0.6 is 23.2 Å². The first-order valence-corrected chi connectivity index (χ1v) is 6.58. The van der Waals surface area contributed by atoms with Crippen molar-refractivity contribution in [3.05, 3.63) is 57.6 Å². The highest BCUT2D eigenvalue weighted by Gasteiger charge is 2.15. The third-order valence-corrected chi connectivity index (χ3v) is 3.42. The van der Waals surface area contributed by atoms with E-state index in [0.717, 1.165) is 0 Å². The van der Waals surface area contributed by atoms with E-state index < -0.39 is 17.4 Å². The quantitative estimate of drug-likeness (QED) is 0.896. The lowest BCUT2D eigenvalue weighted by Gasteiger charge is -2.11. The van der Waals surface area contributed by atoms with Crippen LogP contribution in [0.25, 0.3) is 0 Å². The molecular weight excluding hydrogens is 307 g/mol. The number of ether oxygens (including phenoxy) is 1. The van der Waals surface area contributed by atoms with Crippen LogP contribution in [0.5, 0.6) is 11.5 Å². The van der Waals surface area contributed by atoms with Crippen LogP contribution in [0.15, 0.2) is 30.3 Å². The Morgan fingerprint density at radius 3 is 2.35 bits per heavy atom. The minimum Gasteiger partial charge on any atom is -0.450 e. The van der Waals surface area contributed by atoms with E-state index in [2.05, 4.69) is 0 Å². The molecular formula is C14H11Cl2F2NO. The molecule has 0 aliphatic heterocycles. The molecule has 0 saturated heterocycles. The van der Waals surface area contributed by atoms with Crippen LogP contribution in [0, 0.1) is 11.6 Å². The van der Waals surface area contributed by atoms with Gasteiger partial charge in [-0.25, -0.2) is 8.78 Å². The zero-order chi connectivity index (χ0) is 14.7. The lowest BCUT2D eigenvalue weighted by molar-refractivity contribution is 0.406. The summed E-state index contributed by atoms with van der Waals surface area (Å²) in [6.07, 6.45) is 0.381. The van der Waals surface area contributed by atoms with E-state index in [1.807, 2.05) is 0 Å². The summed E-state index contributed by atoms with van der Waals surface area (Å²) in [7, 11) is 0. The van der Waals surface area contributed by atoms with E-state index in [-0.39, 0.29) is 15.8 Å². The van der Waals surface area contributed by atoms with Crippen molar-refractivity contribution in [3.8, 4) is 11.5 Å². The summed E-state index contributed by atoms with van der Waals surface area (Å²) in [5, 5.41) is 0.337. The Morgan fingerprint density at radius 2 is 1.75 bits per heavy atom. The minimum atomic E-state index is -0.815. The van der Waals surface area contributed by atoms with E-state index in [0.29, 0.717) is 18.5 Å². The Morgan fingerprint density at radius 1 is 1.10 bits per heavy atom. The highest BCUT2D eigenvalue weighted by Crippen LogP contribution is 2.36. The second-order valence-corrected chi connectivity index (χ2v) is 4.87. The number of benzene rings is 2. The molecule has 0 aliphatic rings. The highest BCUT2D eigenvalue weighted by atomic mass is 35.5. The molecule has 2 nitrogen and oxygen atoms in total. The van der Waals surface area contributed by atoms with Gasteiger partial charge in [-0.3, -0.25) is 0 Å². The molecule has 0 heterocycles. The van der Waals surface area contributed by atoms with E-state index in [1.54, 1.807) is 12.1 Å². The van der Waals surface area contributed by atoms with Gasteiger partial charge in [0.1, 0.15) is 10.8 Å². The van der Waals surface area contributed by atoms with Gasteiger partial charge in [-0.05, 0) is 42.8 Å². The lowest BCUT2D eigenvalue weighted by atomic mass is 10.1. The molecule has 0 atom stereocenters. The SMILES string of the molecule is NCCc1cc(F)c(Oc2cccc(Cl)c2Cl)c(F)c1. The normalized spacial score (nSPS) is 10.7. The molecule has 2 aromatic rings. The number of rotatable bonds is 4. The van der Waals surface area contributed by atoms with Crippen molar-refractivity contribution in [1.29, 1.82) is 0 Å². The predicted octanol–water partition coefficient (Wildman–Crippen LogP) is 4.57. The van der Waals surface area contributed by atoms with Crippen molar-refractivity contribution in [1.82, 2.24) is 0 Å². The zero-order valence-electron chi connectivity index (χ0n) is 10.3. The van der Waals surface area contributed by atoms with Crippen LogP contribution in [0.1, 0.15) is 5.56 Å². The van der Waals surface area contributed by atoms with Gasteiger partial charge >= 0.3 is 0 Å². The topological polar surface area (TPSA) is 35.2 Å². The fraction of sp³-hybridized carbons (Fsp3) is 0.143. The van der Waals surface area contributed by atoms with Gasteiger partial charge in [-0.1, -0.05) is 29.3 Å². The Kier molecular flexibility index (Phi) is 4.81. The van der Waals surface area contributed by atoms with Crippen molar-refractivity contribution >= 4 is 23.2 Å². The molecule has 2 N–H and O–H groups in total. The summed E-state index contributed by atoms with van der Waals surface area (Å²) < 4.78 is 32.9. The zero-order valence-corrected chi connectivity index (χ0v) is 11.8. The lowest BCUT2D eigenvalue weighted by Crippen LogP contribution is -2.04. The molecule has 2 rings (SSSR count). The molecule has 0 unspecified atom stereocenters. The second kappa shape index (κ2) is 6.39. The highest BCUT2D eigenvalue weighted by molar-refractivity contribution is 6.42. The third kappa shape index (κ3) is 3.20. The van der Waals surface area contributed by atoms with Crippen LogP contribution in [0.2, 0.25) is 10.0 Å². The molecule has 6 heteroatoms. The smallest absolute Gasteiger partial charge is 0.198 e. The van der Waals surface area contributed by atoms with Gasteiger partial charge in [0.15, 0.2) is 17.4 Å². The molecule has 0 radical (unpaired) electrons. The summed E-state index contributed by atoms with van der Waals surface area (Å²) in [4.78, 5) is 0. The summed E-state index contributed by atoms with van der Waals surface area (Å²) >= 11 is 11.7. The van der Waals surface area contributed by atoms with Crippen LogP contribution in [-0.2, 0) is 6.42 Å². The molecule has 0 bridgehead atoms. The number of hydrogen-bond donors (Lipinski definition) is 1. The fourth-order valence-electron chi connectivity index (χ4n) is 1.69. The van der Waals surface area contributed by atoms with Gasteiger partial charge in [-0.2, -0.15) is 0 Å². The maximum Gasteiger partial charge on any atom is 0.198 e. The largest absolute Gasteiger partial charge is 0.450 e. The van der Waals surface area contributed by atoms with Gasteiger partial charge in [-0.15, -0.1) is 0 Å². The first-order valence-electron chi connectivity index (χ1n) is 5.82. The van der Waals surface area contributed by atoms with Crippen molar-refractivity contribution in [3.63, 3.8) is 0 Å². The first-order chi connectivity index (χ1) is 9.52. The van der Waals surface area contributed by atoms with Gasteiger partial charge in [0.05, 0.1) is 5.02 Å². The predicted molar refractivity (Wildman–Crippen MR) is 75.7 cm³/mol. The molecule has 2 aromatic carbocycles. The Balaban J connectivity index is 2.36. The Bertz CT molecular complexity index is 612. The second-order valence-electron chi connectivity index (χ2n) is 4.08. The van der Waals surface area contributed by atoms with Crippen molar-refractivity contribution in [2.24, 2.45) is 5.73 Å². The third-order valence-electron chi connectivity index (χ3n) is 2.62. The number of nitrogens with two attached hydrogens (primary N) is 1. The summed E-state index contributed by atoms with van der Waals surface area (Å²) in [5.74, 6) is -2.06. The monoisotopic (exact) mass is 317 g/mol. The Hall–Kier alpha value is -1.36. The van der Waals surface area contributed by atoms with Crippen molar-refractivity contribution in [2.75, 3.05) is 6.54 Å². The molecule has 0 spiro atoms. The van der Waals surface area contributed by atoms with Gasteiger partial charge in [0.25, 0.3) is 0 Å². The molecule has 0 aliphatic carbocycles. The first kappa shape index (κ1) is 15.0. The molecule has 0 amide bonds. The van der Waals surface area contributed by atoms with Gasteiger partial charge < -0.3 is 10.5 Å². The van der Waals surface area contributed by atoms with Gasteiger partial charge in [0, 0.05) is 0 Å². The van der Waals surface area contributed by atoms with E-state index in [9.17, 15) is 8.78 Å². The van der Waals surface area contributed by atoms with Crippen molar-refractivity contribution < 1.29 is 13.5 Å². The molecule has 20 heavy (non-hydrogen) atoms. The maximum atomic E-state index is 13.9. The standard InChI is InChI=1S/C14H11Cl2F2NO/c15-9-2-1-3-12(13(9)16)20-14-10(17)6-8(4-5-19)7-11(14)18/h1-3,6-7H,4-5,19H2. The van der Waals surface area contributed by atoms with Crippen molar-refractivity contribution in [2.45, 2.75) is 6.42 Å². The average molecular weight is 318 g/mol. The molecule has 106 valence electrons. The van der Waals surface area contributed by atoms with E-state index >= 15 is 0 Å². The van der Waals surface area contributed by atoms with E-state index in [4.69, 9.17) is 33.7 Å². The Labute approximate surface area is 125 Å².